The Morgan fingerprint density at radius 2 is 1.91 bits per heavy atom. The maximum Gasteiger partial charge on any atom is 0.222 e. The minimum atomic E-state index is 0.0389. The standard InChI is InChI=1S/C18H34N4O/c1-4-19-17(21-12-11-20-16(23)15(2)3)22-13-10-18(14-22)8-6-5-7-9-18/h15H,4-14H2,1-3H3,(H,19,21)(H,20,23). The van der Waals surface area contributed by atoms with Gasteiger partial charge in [0.05, 0.1) is 6.54 Å². The van der Waals surface area contributed by atoms with Gasteiger partial charge in [-0.3, -0.25) is 9.79 Å². The average molecular weight is 322 g/mol. The van der Waals surface area contributed by atoms with Gasteiger partial charge in [-0.15, -0.1) is 0 Å². The predicted molar refractivity (Wildman–Crippen MR) is 95.5 cm³/mol. The van der Waals surface area contributed by atoms with Crippen molar-refractivity contribution in [2.75, 3.05) is 32.7 Å². The van der Waals surface area contributed by atoms with Crippen LogP contribution in [0.15, 0.2) is 4.99 Å². The van der Waals surface area contributed by atoms with E-state index in [1.807, 2.05) is 13.8 Å². The number of hydrogen-bond donors (Lipinski definition) is 2. The summed E-state index contributed by atoms with van der Waals surface area (Å²) in [6.45, 7) is 10.4. The highest BCUT2D eigenvalue weighted by molar-refractivity contribution is 5.80. The van der Waals surface area contributed by atoms with Crippen LogP contribution in [-0.4, -0.2) is 49.5 Å². The lowest BCUT2D eigenvalue weighted by Crippen LogP contribution is -2.42. The van der Waals surface area contributed by atoms with Crippen molar-refractivity contribution < 1.29 is 4.79 Å². The summed E-state index contributed by atoms with van der Waals surface area (Å²) in [5.74, 6) is 1.17. The first-order chi connectivity index (χ1) is 11.1. The lowest BCUT2D eigenvalue weighted by molar-refractivity contribution is -0.123. The van der Waals surface area contributed by atoms with Crippen LogP contribution in [0, 0.1) is 11.3 Å². The number of aliphatic imine (C=N–C) groups is 1. The van der Waals surface area contributed by atoms with E-state index in [0.29, 0.717) is 18.5 Å². The molecule has 2 rings (SSSR count). The molecule has 132 valence electrons. The van der Waals surface area contributed by atoms with E-state index in [1.54, 1.807) is 0 Å². The first-order valence-corrected chi connectivity index (χ1v) is 9.37. The van der Waals surface area contributed by atoms with Crippen LogP contribution in [0.1, 0.15) is 59.3 Å². The Morgan fingerprint density at radius 3 is 2.57 bits per heavy atom. The highest BCUT2D eigenvalue weighted by atomic mass is 16.1. The van der Waals surface area contributed by atoms with Gasteiger partial charge in [0.25, 0.3) is 0 Å². The maximum atomic E-state index is 11.6. The lowest BCUT2D eigenvalue weighted by atomic mass is 9.73. The highest BCUT2D eigenvalue weighted by Crippen LogP contribution is 2.43. The molecule has 2 N–H and O–H groups in total. The first kappa shape index (κ1) is 18.1. The van der Waals surface area contributed by atoms with E-state index < -0.39 is 0 Å². The van der Waals surface area contributed by atoms with Crippen LogP contribution < -0.4 is 10.6 Å². The number of hydrogen-bond acceptors (Lipinski definition) is 2. The van der Waals surface area contributed by atoms with Crippen LogP contribution in [0.5, 0.6) is 0 Å². The zero-order chi connectivity index (χ0) is 16.7. The molecule has 1 spiro atoms. The summed E-state index contributed by atoms with van der Waals surface area (Å²) in [7, 11) is 0. The van der Waals surface area contributed by atoms with Crippen molar-refractivity contribution in [2.45, 2.75) is 59.3 Å². The molecule has 0 radical (unpaired) electrons. The minimum Gasteiger partial charge on any atom is -0.357 e. The number of carbonyl (C=O) groups excluding carboxylic acids is 1. The third kappa shape index (κ3) is 5.11. The van der Waals surface area contributed by atoms with E-state index in [1.165, 1.54) is 38.5 Å². The van der Waals surface area contributed by atoms with Gasteiger partial charge in [0.2, 0.25) is 5.91 Å². The lowest BCUT2D eigenvalue weighted by Gasteiger charge is -2.33. The van der Waals surface area contributed by atoms with Gasteiger partial charge >= 0.3 is 0 Å². The van der Waals surface area contributed by atoms with Crippen LogP contribution in [0.2, 0.25) is 0 Å². The third-order valence-electron chi connectivity index (χ3n) is 5.18. The molecule has 0 aromatic heterocycles. The fourth-order valence-corrected chi connectivity index (χ4v) is 3.80. The third-order valence-corrected chi connectivity index (χ3v) is 5.18. The van der Waals surface area contributed by atoms with Gasteiger partial charge in [-0.25, -0.2) is 0 Å². The quantitative estimate of drug-likeness (QED) is 0.464. The summed E-state index contributed by atoms with van der Waals surface area (Å²) in [5.41, 5.74) is 0.542. The van der Waals surface area contributed by atoms with Gasteiger partial charge in [0.15, 0.2) is 5.96 Å². The molecule has 23 heavy (non-hydrogen) atoms. The van der Waals surface area contributed by atoms with Crippen LogP contribution in [-0.2, 0) is 4.79 Å². The summed E-state index contributed by atoms with van der Waals surface area (Å²) >= 11 is 0. The Balaban J connectivity index is 1.85. The van der Waals surface area contributed by atoms with Crippen LogP contribution >= 0.6 is 0 Å². The molecule has 0 atom stereocenters. The molecule has 1 saturated carbocycles. The summed E-state index contributed by atoms with van der Waals surface area (Å²) in [6, 6.07) is 0. The summed E-state index contributed by atoms with van der Waals surface area (Å²) in [5, 5.41) is 6.36. The van der Waals surface area contributed by atoms with Gasteiger partial charge in [-0.05, 0) is 31.6 Å². The second kappa shape index (κ2) is 8.55. The fraction of sp³-hybridized carbons (Fsp3) is 0.889. The molecular formula is C18H34N4O. The normalized spacial score (nSPS) is 21.0. The Bertz CT molecular complexity index is 413. The Morgan fingerprint density at radius 1 is 1.17 bits per heavy atom. The van der Waals surface area contributed by atoms with Crippen molar-refractivity contribution in [2.24, 2.45) is 16.3 Å². The van der Waals surface area contributed by atoms with Gasteiger partial charge in [0, 0.05) is 32.1 Å². The number of nitrogens with zero attached hydrogens (tertiary/aromatic N) is 2. The monoisotopic (exact) mass is 322 g/mol. The number of carbonyl (C=O) groups is 1. The highest BCUT2D eigenvalue weighted by Gasteiger charge is 2.39. The number of rotatable bonds is 5. The van der Waals surface area contributed by atoms with Gasteiger partial charge in [-0.1, -0.05) is 33.1 Å². The van der Waals surface area contributed by atoms with E-state index >= 15 is 0 Å². The molecule has 1 heterocycles. The molecule has 1 aliphatic carbocycles. The molecule has 0 aromatic rings. The molecule has 1 aliphatic heterocycles. The number of guanidine groups is 1. The number of amides is 1. The molecule has 2 fully saturated rings. The number of likely N-dealkylation sites (tertiary alicyclic amines) is 1. The fourth-order valence-electron chi connectivity index (χ4n) is 3.80. The summed E-state index contributed by atoms with van der Waals surface area (Å²) in [4.78, 5) is 18.7. The van der Waals surface area contributed by atoms with E-state index in [-0.39, 0.29) is 11.8 Å². The topological polar surface area (TPSA) is 56.7 Å². The molecule has 0 bridgehead atoms. The molecule has 0 unspecified atom stereocenters. The molecule has 1 amide bonds. The molecular weight excluding hydrogens is 288 g/mol. The van der Waals surface area contributed by atoms with Crippen molar-refractivity contribution >= 4 is 11.9 Å². The van der Waals surface area contributed by atoms with Gasteiger partial charge < -0.3 is 15.5 Å². The smallest absolute Gasteiger partial charge is 0.222 e. The minimum absolute atomic E-state index is 0.0389. The van der Waals surface area contributed by atoms with Crippen molar-refractivity contribution in [3.8, 4) is 0 Å². The van der Waals surface area contributed by atoms with E-state index in [4.69, 9.17) is 4.99 Å². The largest absolute Gasteiger partial charge is 0.357 e. The van der Waals surface area contributed by atoms with Crippen LogP contribution in [0.4, 0.5) is 0 Å². The zero-order valence-electron chi connectivity index (χ0n) is 15.2. The Kier molecular flexibility index (Phi) is 6.72. The van der Waals surface area contributed by atoms with Crippen LogP contribution in [0.3, 0.4) is 0 Å². The zero-order valence-corrected chi connectivity index (χ0v) is 15.2. The predicted octanol–water partition coefficient (Wildman–Crippen LogP) is 2.38. The van der Waals surface area contributed by atoms with Crippen molar-refractivity contribution in [1.29, 1.82) is 0 Å². The maximum absolute atomic E-state index is 11.6. The number of nitrogens with one attached hydrogen (secondary N) is 2. The SMILES string of the molecule is CCNC(=NCCNC(=O)C(C)C)N1CCC2(CCCCC2)C1. The second-order valence-corrected chi connectivity index (χ2v) is 7.41. The van der Waals surface area contributed by atoms with E-state index in [0.717, 1.165) is 25.6 Å². The molecule has 0 aromatic carbocycles. The van der Waals surface area contributed by atoms with Gasteiger partial charge in [-0.2, -0.15) is 0 Å². The summed E-state index contributed by atoms with van der Waals surface area (Å²) < 4.78 is 0. The van der Waals surface area contributed by atoms with E-state index in [2.05, 4.69) is 22.5 Å². The Labute approximate surface area is 141 Å². The van der Waals surface area contributed by atoms with Crippen molar-refractivity contribution in [3.05, 3.63) is 0 Å². The molecule has 5 heteroatoms. The van der Waals surface area contributed by atoms with Crippen molar-refractivity contribution in [3.63, 3.8) is 0 Å². The van der Waals surface area contributed by atoms with Crippen molar-refractivity contribution in [1.82, 2.24) is 15.5 Å². The summed E-state index contributed by atoms with van der Waals surface area (Å²) in [6.07, 6.45) is 8.26. The molecule has 2 aliphatic rings. The Hall–Kier alpha value is -1.26. The van der Waals surface area contributed by atoms with E-state index in [9.17, 15) is 4.79 Å². The second-order valence-electron chi connectivity index (χ2n) is 7.41. The first-order valence-electron chi connectivity index (χ1n) is 9.37. The molecule has 5 nitrogen and oxygen atoms in total. The van der Waals surface area contributed by atoms with Gasteiger partial charge in [0.1, 0.15) is 0 Å². The molecule has 1 saturated heterocycles. The average Bonchev–Trinajstić information content (AvgIpc) is 2.94. The van der Waals surface area contributed by atoms with Crippen LogP contribution in [0.25, 0.3) is 0 Å².